The van der Waals surface area contributed by atoms with Gasteiger partial charge in [-0.25, -0.2) is 0 Å². The molecule has 0 aromatic heterocycles. The van der Waals surface area contributed by atoms with Gasteiger partial charge < -0.3 is 10.8 Å². The highest BCUT2D eigenvalue weighted by Gasteiger charge is 2.15. The fraction of sp³-hybridized carbons (Fsp3) is 0.500. The van der Waals surface area contributed by atoms with Gasteiger partial charge in [-0.1, -0.05) is 41.1 Å². The summed E-state index contributed by atoms with van der Waals surface area (Å²) in [6, 6.07) is 8.16. The summed E-state index contributed by atoms with van der Waals surface area (Å²) in [6.45, 7) is 2.47. The van der Waals surface area contributed by atoms with E-state index in [1.807, 2.05) is 18.2 Å². The van der Waals surface area contributed by atoms with E-state index in [0.717, 1.165) is 17.3 Å². The predicted molar refractivity (Wildman–Crippen MR) is 66.9 cm³/mol. The van der Waals surface area contributed by atoms with E-state index in [1.54, 1.807) is 0 Å². The van der Waals surface area contributed by atoms with Gasteiger partial charge in [-0.05, 0) is 30.4 Å². The highest BCUT2D eigenvalue weighted by Crippen LogP contribution is 2.30. The maximum absolute atomic E-state index is 9.57. The Bertz CT molecular complexity index is 303. The summed E-state index contributed by atoms with van der Waals surface area (Å²) in [5.74, 6) is 0.374. The van der Waals surface area contributed by atoms with Crippen LogP contribution in [0.3, 0.4) is 0 Å². The molecule has 0 spiro atoms. The lowest BCUT2D eigenvalue weighted by Crippen LogP contribution is -2.22. The first kappa shape index (κ1) is 12.7. The van der Waals surface area contributed by atoms with Gasteiger partial charge >= 0.3 is 0 Å². The van der Waals surface area contributed by atoms with Crippen LogP contribution in [0, 0.1) is 0 Å². The minimum absolute atomic E-state index is 0.334. The van der Waals surface area contributed by atoms with Crippen LogP contribution in [0.4, 0.5) is 0 Å². The summed E-state index contributed by atoms with van der Waals surface area (Å²) in [4.78, 5) is 0. The minimum atomic E-state index is -0.401. The Hall–Kier alpha value is -0.380. The van der Waals surface area contributed by atoms with Crippen LogP contribution in [-0.2, 0) is 0 Å². The maximum Gasteiger partial charge on any atom is 0.0668 e. The highest BCUT2D eigenvalue weighted by atomic mass is 79.9. The Balaban J connectivity index is 2.78. The van der Waals surface area contributed by atoms with Crippen LogP contribution in [0.2, 0.25) is 0 Å². The monoisotopic (exact) mass is 271 g/mol. The zero-order chi connectivity index (χ0) is 11.3. The topological polar surface area (TPSA) is 46.2 Å². The molecule has 0 aliphatic rings. The number of halogens is 1. The molecule has 0 saturated heterocycles. The summed E-state index contributed by atoms with van der Waals surface area (Å²) >= 11 is 3.54. The van der Waals surface area contributed by atoms with E-state index >= 15 is 0 Å². The second kappa shape index (κ2) is 6.26. The number of aliphatic hydroxyl groups excluding tert-OH is 1. The van der Waals surface area contributed by atoms with E-state index in [9.17, 15) is 5.11 Å². The van der Waals surface area contributed by atoms with E-state index in [4.69, 9.17) is 5.73 Å². The molecule has 0 aliphatic carbocycles. The van der Waals surface area contributed by atoms with Crippen molar-refractivity contribution in [2.75, 3.05) is 6.54 Å². The standard InChI is InChI=1S/C12H18BrNO/c1-2-9(7-10(15)8-14)11-5-3-4-6-12(11)13/h3-6,9-10,15H,2,7-8,14H2,1H3. The fourth-order valence-electron chi connectivity index (χ4n) is 1.74. The molecule has 2 atom stereocenters. The average molecular weight is 272 g/mol. The molecule has 2 nitrogen and oxygen atoms in total. The Kier molecular flexibility index (Phi) is 5.29. The van der Waals surface area contributed by atoms with Crippen molar-refractivity contribution in [3.8, 4) is 0 Å². The van der Waals surface area contributed by atoms with Crippen LogP contribution < -0.4 is 5.73 Å². The number of benzene rings is 1. The van der Waals surface area contributed by atoms with Gasteiger partial charge in [0, 0.05) is 11.0 Å². The molecular formula is C12H18BrNO. The van der Waals surface area contributed by atoms with Gasteiger partial charge in [0.25, 0.3) is 0 Å². The molecule has 0 radical (unpaired) electrons. The molecule has 0 saturated carbocycles. The third kappa shape index (κ3) is 3.59. The molecule has 3 heteroatoms. The number of hydrogen-bond acceptors (Lipinski definition) is 2. The summed E-state index contributed by atoms with van der Waals surface area (Å²) in [7, 11) is 0. The van der Waals surface area contributed by atoms with E-state index in [-0.39, 0.29) is 0 Å². The molecule has 0 heterocycles. The molecule has 1 rings (SSSR count). The molecule has 0 amide bonds. The fourth-order valence-corrected chi connectivity index (χ4v) is 2.35. The van der Waals surface area contributed by atoms with Crippen molar-refractivity contribution >= 4 is 15.9 Å². The molecule has 0 fully saturated rings. The Labute approximate surface area is 99.6 Å². The molecule has 2 unspecified atom stereocenters. The van der Waals surface area contributed by atoms with Crippen molar-refractivity contribution in [2.24, 2.45) is 5.73 Å². The summed E-state index contributed by atoms with van der Waals surface area (Å²) in [5.41, 5.74) is 6.69. The zero-order valence-electron chi connectivity index (χ0n) is 8.99. The number of hydrogen-bond donors (Lipinski definition) is 2. The molecule has 84 valence electrons. The molecule has 1 aromatic carbocycles. The van der Waals surface area contributed by atoms with E-state index in [0.29, 0.717) is 12.5 Å². The molecule has 0 bridgehead atoms. The van der Waals surface area contributed by atoms with Crippen LogP contribution in [0.15, 0.2) is 28.7 Å². The maximum atomic E-state index is 9.57. The second-order valence-electron chi connectivity index (χ2n) is 3.75. The Morgan fingerprint density at radius 2 is 2.07 bits per heavy atom. The van der Waals surface area contributed by atoms with Gasteiger partial charge in [0.05, 0.1) is 6.10 Å². The summed E-state index contributed by atoms with van der Waals surface area (Å²) in [5, 5.41) is 9.57. The summed E-state index contributed by atoms with van der Waals surface area (Å²) < 4.78 is 1.11. The molecule has 15 heavy (non-hydrogen) atoms. The second-order valence-corrected chi connectivity index (χ2v) is 4.61. The van der Waals surface area contributed by atoms with Crippen molar-refractivity contribution < 1.29 is 5.11 Å². The predicted octanol–water partition coefficient (Wildman–Crippen LogP) is 2.65. The number of aliphatic hydroxyl groups is 1. The van der Waals surface area contributed by atoms with Crippen LogP contribution in [0.5, 0.6) is 0 Å². The van der Waals surface area contributed by atoms with E-state index < -0.39 is 6.10 Å². The zero-order valence-corrected chi connectivity index (χ0v) is 10.6. The van der Waals surface area contributed by atoms with E-state index in [2.05, 4.69) is 28.9 Å². The quantitative estimate of drug-likeness (QED) is 0.865. The number of rotatable bonds is 5. The molecule has 0 aliphatic heterocycles. The van der Waals surface area contributed by atoms with Gasteiger partial charge in [-0.2, -0.15) is 0 Å². The van der Waals surface area contributed by atoms with Crippen molar-refractivity contribution in [1.82, 2.24) is 0 Å². The van der Waals surface area contributed by atoms with Crippen LogP contribution in [-0.4, -0.2) is 17.8 Å². The van der Waals surface area contributed by atoms with Crippen LogP contribution >= 0.6 is 15.9 Å². The lowest BCUT2D eigenvalue weighted by Gasteiger charge is -2.19. The van der Waals surface area contributed by atoms with Gasteiger partial charge in [0.1, 0.15) is 0 Å². The smallest absolute Gasteiger partial charge is 0.0668 e. The van der Waals surface area contributed by atoms with Crippen molar-refractivity contribution in [3.05, 3.63) is 34.3 Å². The van der Waals surface area contributed by atoms with Crippen LogP contribution in [0.1, 0.15) is 31.2 Å². The Morgan fingerprint density at radius 1 is 1.40 bits per heavy atom. The summed E-state index contributed by atoms with van der Waals surface area (Å²) in [6.07, 6.45) is 1.34. The minimum Gasteiger partial charge on any atom is -0.392 e. The largest absolute Gasteiger partial charge is 0.392 e. The molecule has 3 N–H and O–H groups in total. The molecule has 1 aromatic rings. The first-order valence-corrected chi connectivity index (χ1v) is 6.10. The highest BCUT2D eigenvalue weighted by molar-refractivity contribution is 9.10. The van der Waals surface area contributed by atoms with Gasteiger partial charge in [0.2, 0.25) is 0 Å². The average Bonchev–Trinajstić information content (AvgIpc) is 2.26. The van der Waals surface area contributed by atoms with Gasteiger partial charge in [0.15, 0.2) is 0 Å². The van der Waals surface area contributed by atoms with Crippen molar-refractivity contribution in [2.45, 2.75) is 31.8 Å². The first-order valence-electron chi connectivity index (χ1n) is 5.31. The lowest BCUT2D eigenvalue weighted by molar-refractivity contribution is 0.162. The number of nitrogens with two attached hydrogens (primary N) is 1. The van der Waals surface area contributed by atoms with Crippen molar-refractivity contribution in [1.29, 1.82) is 0 Å². The third-order valence-electron chi connectivity index (χ3n) is 2.67. The van der Waals surface area contributed by atoms with Gasteiger partial charge in [-0.3, -0.25) is 0 Å². The Morgan fingerprint density at radius 3 is 2.60 bits per heavy atom. The molecular weight excluding hydrogens is 254 g/mol. The van der Waals surface area contributed by atoms with Crippen LogP contribution in [0.25, 0.3) is 0 Å². The lowest BCUT2D eigenvalue weighted by atomic mass is 9.91. The SMILES string of the molecule is CCC(CC(O)CN)c1ccccc1Br. The van der Waals surface area contributed by atoms with Crippen molar-refractivity contribution in [3.63, 3.8) is 0 Å². The van der Waals surface area contributed by atoms with E-state index in [1.165, 1.54) is 5.56 Å². The third-order valence-corrected chi connectivity index (χ3v) is 3.39. The first-order chi connectivity index (χ1) is 7.19. The normalized spacial score (nSPS) is 14.9. The van der Waals surface area contributed by atoms with Gasteiger partial charge in [-0.15, -0.1) is 0 Å².